The number of hydrogen-bond donors (Lipinski definition) is 0. The van der Waals surface area contributed by atoms with E-state index in [-0.39, 0.29) is 5.56 Å². The Morgan fingerprint density at radius 3 is 2.75 bits per heavy atom. The van der Waals surface area contributed by atoms with Gasteiger partial charge in [-0.3, -0.25) is 13.8 Å². The van der Waals surface area contributed by atoms with Gasteiger partial charge in [0, 0.05) is 15.7 Å². The SMILES string of the molecule is O=c1c2sccc2n2c(SCc3ccccc3Cl)nnc2n1Cc1cccs1. The molecular formula is C19H13ClN4OS3. The lowest BCUT2D eigenvalue weighted by molar-refractivity contribution is 0.775. The van der Waals surface area contributed by atoms with Crippen molar-refractivity contribution in [2.45, 2.75) is 17.5 Å². The maximum absolute atomic E-state index is 13.0. The van der Waals surface area contributed by atoms with E-state index < -0.39 is 0 Å². The molecule has 0 radical (unpaired) electrons. The highest BCUT2D eigenvalue weighted by Gasteiger charge is 2.18. The molecule has 5 nitrogen and oxygen atoms in total. The molecule has 0 atom stereocenters. The monoisotopic (exact) mass is 444 g/mol. The first-order valence-corrected chi connectivity index (χ1v) is 11.6. The number of benzene rings is 1. The summed E-state index contributed by atoms with van der Waals surface area (Å²) >= 11 is 10.9. The van der Waals surface area contributed by atoms with Gasteiger partial charge in [0.15, 0.2) is 5.16 Å². The zero-order valence-electron chi connectivity index (χ0n) is 14.4. The minimum absolute atomic E-state index is 0.0269. The van der Waals surface area contributed by atoms with Crippen molar-refractivity contribution in [3.05, 3.63) is 79.0 Å². The number of aromatic nitrogens is 4. The van der Waals surface area contributed by atoms with Crippen molar-refractivity contribution < 1.29 is 0 Å². The van der Waals surface area contributed by atoms with Crippen molar-refractivity contribution in [3.8, 4) is 0 Å². The molecule has 0 aliphatic rings. The van der Waals surface area contributed by atoms with E-state index in [1.54, 1.807) is 27.7 Å². The van der Waals surface area contributed by atoms with E-state index in [9.17, 15) is 4.79 Å². The second kappa shape index (κ2) is 7.36. The number of halogens is 1. The molecule has 9 heteroatoms. The molecule has 0 aliphatic heterocycles. The van der Waals surface area contributed by atoms with Gasteiger partial charge in [0.2, 0.25) is 5.78 Å². The van der Waals surface area contributed by atoms with Gasteiger partial charge in [0.1, 0.15) is 4.70 Å². The van der Waals surface area contributed by atoms with E-state index in [1.807, 2.05) is 57.6 Å². The van der Waals surface area contributed by atoms with E-state index >= 15 is 0 Å². The summed E-state index contributed by atoms with van der Waals surface area (Å²) in [6.07, 6.45) is 0. The van der Waals surface area contributed by atoms with Gasteiger partial charge in [-0.15, -0.1) is 32.9 Å². The summed E-state index contributed by atoms with van der Waals surface area (Å²) in [6.45, 7) is 0.487. The number of thiophene rings is 2. The van der Waals surface area contributed by atoms with Crippen molar-refractivity contribution in [2.24, 2.45) is 0 Å². The topological polar surface area (TPSA) is 52.2 Å². The Morgan fingerprint density at radius 2 is 1.93 bits per heavy atom. The summed E-state index contributed by atoms with van der Waals surface area (Å²) in [5, 5.41) is 14.2. The first-order valence-electron chi connectivity index (χ1n) is 8.46. The molecule has 0 fully saturated rings. The van der Waals surface area contributed by atoms with Crippen LogP contribution in [0.15, 0.2) is 63.2 Å². The molecular weight excluding hydrogens is 432 g/mol. The second-order valence-electron chi connectivity index (χ2n) is 6.10. The normalized spacial score (nSPS) is 11.6. The third kappa shape index (κ3) is 3.06. The maximum Gasteiger partial charge on any atom is 0.273 e. The highest BCUT2D eigenvalue weighted by Crippen LogP contribution is 2.29. The van der Waals surface area contributed by atoms with Crippen LogP contribution in [-0.2, 0) is 12.3 Å². The van der Waals surface area contributed by atoms with E-state index in [0.717, 1.165) is 26.1 Å². The van der Waals surface area contributed by atoms with Gasteiger partial charge in [-0.25, -0.2) is 0 Å². The predicted octanol–water partition coefficient (Wildman–Crippen LogP) is 5.16. The van der Waals surface area contributed by atoms with Crippen molar-refractivity contribution in [3.63, 3.8) is 0 Å². The van der Waals surface area contributed by atoms with Crippen molar-refractivity contribution in [1.82, 2.24) is 19.2 Å². The van der Waals surface area contributed by atoms with Gasteiger partial charge in [0.25, 0.3) is 5.56 Å². The minimum Gasteiger partial charge on any atom is -0.270 e. The Kier molecular flexibility index (Phi) is 4.72. The van der Waals surface area contributed by atoms with E-state index in [1.165, 1.54) is 11.3 Å². The van der Waals surface area contributed by atoms with Crippen LogP contribution < -0.4 is 5.56 Å². The van der Waals surface area contributed by atoms with E-state index in [4.69, 9.17) is 11.6 Å². The summed E-state index contributed by atoms with van der Waals surface area (Å²) in [5.41, 5.74) is 1.86. The molecule has 5 rings (SSSR count). The Balaban J connectivity index is 1.63. The van der Waals surface area contributed by atoms with Crippen molar-refractivity contribution in [2.75, 3.05) is 0 Å². The van der Waals surface area contributed by atoms with Crippen LogP contribution in [0, 0.1) is 0 Å². The number of thioether (sulfide) groups is 1. The smallest absolute Gasteiger partial charge is 0.270 e. The molecule has 28 heavy (non-hydrogen) atoms. The summed E-state index contributed by atoms with van der Waals surface area (Å²) in [7, 11) is 0. The fourth-order valence-electron chi connectivity index (χ4n) is 3.05. The Bertz CT molecular complexity index is 1340. The van der Waals surface area contributed by atoms with Gasteiger partial charge in [-0.05, 0) is 34.5 Å². The molecule has 0 saturated carbocycles. The predicted molar refractivity (Wildman–Crippen MR) is 117 cm³/mol. The molecule has 4 aromatic heterocycles. The Hall–Kier alpha value is -2.13. The summed E-state index contributed by atoms with van der Waals surface area (Å²) in [5.74, 6) is 1.24. The number of nitrogens with zero attached hydrogens (tertiary/aromatic N) is 4. The summed E-state index contributed by atoms with van der Waals surface area (Å²) in [6, 6.07) is 13.7. The van der Waals surface area contributed by atoms with Gasteiger partial charge in [-0.1, -0.05) is 47.6 Å². The lowest BCUT2D eigenvalue weighted by atomic mass is 10.2. The van der Waals surface area contributed by atoms with Gasteiger partial charge < -0.3 is 0 Å². The summed E-state index contributed by atoms with van der Waals surface area (Å²) < 4.78 is 4.39. The van der Waals surface area contributed by atoms with Crippen LogP contribution in [0.4, 0.5) is 0 Å². The number of hydrogen-bond acceptors (Lipinski definition) is 6. The first kappa shape index (κ1) is 17.9. The average molecular weight is 445 g/mol. The van der Waals surface area contributed by atoms with Crippen LogP contribution in [0.5, 0.6) is 0 Å². The minimum atomic E-state index is -0.0269. The molecule has 5 aromatic rings. The van der Waals surface area contributed by atoms with Crippen LogP contribution in [0.3, 0.4) is 0 Å². The van der Waals surface area contributed by atoms with Crippen molar-refractivity contribution in [1.29, 1.82) is 0 Å². The van der Waals surface area contributed by atoms with Gasteiger partial charge in [0.05, 0.1) is 12.1 Å². The lowest BCUT2D eigenvalue weighted by Crippen LogP contribution is -2.22. The molecule has 0 unspecified atom stereocenters. The van der Waals surface area contributed by atoms with Crippen LogP contribution in [0.2, 0.25) is 5.02 Å². The largest absolute Gasteiger partial charge is 0.273 e. The molecule has 140 valence electrons. The molecule has 0 aliphatic carbocycles. The molecule has 4 heterocycles. The van der Waals surface area contributed by atoms with Gasteiger partial charge in [-0.2, -0.15) is 0 Å². The quantitative estimate of drug-likeness (QED) is 0.351. The Morgan fingerprint density at radius 1 is 1.04 bits per heavy atom. The molecule has 0 bridgehead atoms. The third-order valence-electron chi connectivity index (χ3n) is 4.39. The van der Waals surface area contributed by atoms with Crippen LogP contribution >= 0.6 is 46.0 Å². The maximum atomic E-state index is 13.0. The first-order chi connectivity index (χ1) is 13.7. The van der Waals surface area contributed by atoms with Gasteiger partial charge >= 0.3 is 0 Å². The third-order valence-corrected chi connectivity index (χ3v) is 7.49. The van der Waals surface area contributed by atoms with Crippen LogP contribution in [-0.4, -0.2) is 19.2 Å². The zero-order valence-corrected chi connectivity index (χ0v) is 17.6. The lowest BCUT2D eigenvalue weighted by Gasteiger charge is -2.08. The average Bonchev–Trinajstić information content (AvgIpc) is 3.44. The molecule has 1 aromatic carbocycles. The van der Waals surface area contributed by atoms with E-state index in [2.05, 4.69) is 10.2 Å². The highest BCUT2D eigenvalue weighted by atomic mass is 35.5. The van der Waals surface area contributed by atoms with E-state index in [0.29, 0.717) is 22.8 Å². The molecule has 0 amide bonds. The molecule has 0 spiro atoms. The van der Waals surface area contributed by atoms with Crippen LogP contribution in [0.25, 0.3) is 16.0 Å². The highest BCUT2D eigenvalue weighted by molar-refractivity contribution is 7.98. The summed E-state index contributed by atoms with van der Waals surface area (Å²) in [4.78, 5) is 14.1. The fraction of sp³-hybridized carbons (Fsp3) is 0.105. The zero-order chi connectivity index (χ0) is 19.1. The number of fused-ring (bicyclic) bond motifs is 3. The fourth-order valence-corrected chi connectivity index (χ4v) is 5.79. The Labute approximate surface area is 177 Å². The number of rotatable bonds is 5. The second-order valence-corrected chi connectivity index (χ2v) is 9.40. The van der Waals surface area contributed by atoms with Crippen LogP contribution in [0.1, 0.15) is 10.4 Å². The molecule has 0 saturated heterocycles. The van der Waals surface area contributed by atoms with Crippen molar-refractivity contribution >= 4 is 62.0 Å². The molecule has 0 N–H and O–H groups in total. The standard InChI is InChI=1S/C19H13ClN4OS3/c20-14-6-2-1-4-12(14)11-28-19-22-21-18-23(10-13-5-3-8-26-13)17(25)16-15(24(18)19)7-9-27-16/h1-9H,10-11H2.